The maximum absolute atomic E-state index is 12.4. The summed E-state index contributed by atoms with van der Waals surface area (Å²) in [4.78, 5) is 24.8. The number of benzene rings is 4. The summed E-state index contributed by atoms with van der Waals surface area (Å²) in [6.07, 6.45) is 1.44. The first-order valence-corrected chi connectivity index (χ1v) is 12.1. The molecule has 0 aliphatic heterocycles. The van der Waals surface area contributed by atoms with Crippen molar-refractivity contribution in [2.45, 2.75) is 6.61 Å². The van der Waals surface area contributed by atoms with Crippen molar-refractivity contribution in [1.29, 1.82) is 0 Å². The molecule has 0 spiro atoms. The summed E-state index contributed by atoms with van der Waals surface area (Å²) in [5.74, 6) is -0.0909. The Balaban J connectivity index is 1.30. The lowest BCUT2D eigenvalue weighted by molar-refractivity contribution is 0.0734. The zero-order valence-electron chi connectivity index (χ0n) is 19.2. The van der Waals surface area contributed by atoms with Crippen LogP contribution in [0.5, 0.6) is 11.5 Å². The Hall–Kier alpha value is -3.84. The van der Waals surface area contributed by atoms with E-state index in [4.69, 9.17) is 44.3 Å². The van der Waals surface area contributed by atoms with Crippen molar-refractivity contribution in [2.75, 3.05) is 0 Å². The van der Waals surface area contributed by atoms with Gasteiger partial charge in [-0.1, -0.05) is 59.1 Å². The number of carbonyl (C=O) groups excluding carboxylic acids is 2. The van der Waals surface area contributed by atoms with Crippen molar-refractivity contribution < 1.29 is 19.1 Å². The van der Waals surface area contributed by atoms with E-state index in [2.05, 4.69) is 10.5 Å². The molecule has 4 aromatic carbocycles. The molecule has 0 aromatic heterocycles. The van der Waals surface area contributed by atoms with Crippen LogP contribution in [-0.4, -0.2) is 18.1 Å². The SMILES string of the molecule is O=C(NN=Cc1cccc(OC(=O)c2ccc(Cl)cc2Cl)c1)c1ccc(OCc2ccc(Cl)cc2)cc1. The molecule has 0 bridgehead atoms. The first-order valence-electron chi connectivity index (χ1n) is 11.0. The van der Waals surface area contributed by atoms with Crippen LogP contribution in [0, 0.1) is 0 Å². The number of rotatable bonds is 8. The molecule has 6 nitrogen and oxygen atoms in total. The smallest absolute Gasteiger partial charge is 0.345 e. The highest BCUT2D eigenvalue weighted by Crippen LogP contribution is 2.23. The van der Waals surface area contributed by atoms with Gasteiger partial charge in [-0.2, -0.15) is 5.10 Å². The maximum Gasteiger partial charge on any atom is 0.345 e. The van der Waals surface area contributed by atoms with Crippen molar-refractivity contribution in [2.24, 2.45) is 5.10 Å². The summed E-state index contributed by atoms with van der Waals surface area (Å²) in [5, 5.41) is 5.26. The minimum absolute atomic E-state index is 0.193. The van der Waals surface area contributed by atoms with Gasteiger partial charge in [0.2, 0.25) is 0 Å². The molecule has 0 fully saturated rings. The molecule has 0 aliphatic rings. The van der Waals surface area contributed by atoms with Gasteiger partial charge >= 0.3 is 5.97 Å². The van der Waals surface area contributed by atoms with Gasteiger partial charge < -0.3 is 9.47 Å². The van der Waals surface area contributed by atoms with Gasteiger partial charge in [0.1, 0.15) is 18.1 Å². The zero-order valence-corrected chi connectivity index (χ0v) is 21.4. The van der Waals surface area contributed by atoms with Gasteiger partial charge in [0.05, 0.1) is 16.8 Å². The highest BCUT2D eigenvalue weighted by Gasteiger charge is 2.13. The van der Waals surface area contributed by atoms with Gasteiger partial charge in [0.15, 0.2) is 0 Å². The van der Waals surface area contributed by atoms with E-state index in [-0.39, 0.29) is 16.5 Å². The van der Waals surface area contributed by atoms with E-state index < -0.39 is 5.97 Å². The number of nitrogens with zero attached hydrogens (tertiary/aromatic N) is 1. The predicted molar refractivity (Wildman–Crippen MR) is 145 cm³/mol. The molecule has 0 saturated carbocycles. The first-order chi connectivity index (χ1) is 17.9. The fourth-order valence-electron chi connectivity index (χ4n) is 3.16. The number of hydrazone groups is 1. The highest BCUT2D eigenvalue weighted by molar-refractivity contribution is 6.36. The van der Waals surface area contributed by atoms with Gasteiger partial charge in [-0.05, 0) is 77.9 Å². The molecule has 1 N–H and O–H groups in total. The molecule has 9 heteroatoms. The van der Waals surface area contributed by atoms with E-state index in [0.717, 1.165) is 5.56 Å². The molecule has 1 amide bonds. The Morgan fingerprint density at radius 1 is 0.811 bits per heavy atom. The molecular formula is C28H19Cl3N2O4. The second-order valence-electron chi connectivity index (χ2n) is 7.72. The first kappa shape index (κ1) is 26.2. The molecule has 0 unspecified atom stereocenters. The average molecular weight is 554 g/mol. The Bertz CT molecular complexity index is 1440. The van der Waals surface area contributed by atoms with Crippen LogP contribution in [-0.2, 0) is 6.61 Å². The third kappa shape index (κ3) is 7.57. The standard InChI is InChI=1S/C28H19Cl3N2O4/c29-21-8-4-18(5-9-21)17-36-23-11-6-20(7-12-23)27(34)33-32-16-19-2-1-3-24(14-19)37-28(35)25-13-10-22(30)15-26(25)31/h1-16H,17H2,(H,33,34). The van der Waals surface area contributed by atoms with E-state index in [1.54, 1.807) is 66.7 Å². The summed E-state index contributed by atoms with van der Waals surface area (Å²) in [6, 6.07) is 25.2. The van der Waals surface area contributed by atoms with Crippen LogP contribution in [0.25, 0.3) is 0 Å². The molecule has 4 aromatic rings. The highest BCUT2D eigenvalue weighted by atomic mass is 35.5. The van der Waals surface area contributed by atoms with Crippen molar-refractivity contribution in [3.63, 3.8) is 0 Å². The number of nitrogens with one attached hydrogen (secondary N) is 1. The van der Waals surface area contributed by atoms with Crippen LogP contribution in [0.1, 0.15) is 31.8 Å². The van der Waals surface area contributed by atoms with Crippen LogP contribution in [0.4, 0.5) is 0 Å². The summed E-state index contributed by atoms with van der Waals surface area (Å²) in [6.45, 7) is 0.383. The minimum atomic E-state index is -0.621. The molecule has 37 heavy (non-hydrogen) atoms. The lowest BCUT2D eigenvalue weighted by Crippen LogP contribution is -2.17. The van der Waals surface area contributed by atoms with Crippen molar-refractivity contribution in [3.8, 4) is 11.5 Å². The van der Waals surface area contributed by atoms with Gasteiger partial charge in [-0.15, -0.1) is 0 Å². The molecule has 0 aliphatic carbocycles. The van der Waals surface area contributed by atoms with E-state index in [0.29, 0.717) is 39.3 Å². The van der Waals surface area contributed by atoms with Gasteiger partial charge in [-0.25, -0.2) is 10.2 Å². The van der Waals surface area contributed by atoms with Gasteiger partial charge in [0, 0.05) is 15.6 Å². The van der Waals surface area contributed by atoms with Crippen molar-refractivity contribution >= 4 is 52.9 Å². The molecule has 0 radical (unpaired) electrons. The Morgan fingerprint density at radius 3 is 2.27 bits per heavy atom. The molecule has 0 atom stereocenters. The third-order valence-corrected chi connectivity index (χ3v) is 5.83. The predicted octanol–water partition coefficient (Wildman–Crippen LogP) is 7.21. The number of esters is 1. The Kier molecular flexibility index (Phi) is 8.80. The number of halogens is 3. The van der Waals surface area contributed by atoms with Crippen LogP contribution in [0.15, 0.2) is 96.1 Å². The molecule has 186 valence electrons. The second kappa shape index (κ2) is 12.4. The fourth-order valence-corrected chi connectivity index (χ4v) is 3.77. The molecule has 4 rings (SSSR count). The number of carbonyl (C=O) groups is 2. The average Bonchev–Trinajstić information content (AvgIpc) is 2.89. The molecule has 0 saturated heterocycles. The van der Waals surface area contributed by atoms with Crippen LogP contribution >= 0.6 is 34.8 Å². The summed E-state index contributed by atoms with van der Waals surface area (Å²) in [5.41, 5.74) is 4.67. The quantitative estimate of drug-likeness (QED) is 0.108. The number of hydrogen-bond acceptors (Lipinski definition) is 5. The minimum Gasteiger partial charge on any atom is -0.489 e. The van der Waals surface area contributed by atoms with E-state index in [9.17, 15) is 9.59 Å². The third-order valence-electron chi connectivity index (χ3n) is 5.03. The van der Waals surface area contributed by atoms with Crippen molar-refractivity contribution in [1.82, 2.24) is 5.43 Å². The topological polar surface area (TPSA) is 77.0 Å². The second-order valence-corrected chi connectivity index (χ2v) is 9.00. The summed E-state index contributed by atoms with van der Waals surface area (Å²) < 4.78 is 11.1. The number of amides is 1. The Morgan fingerprint density at radius 2 is 1.54 bits per heavy atom. The van der Waals surface area contributed by atoms with E-state index in [1.165, 1.54) is 18.3 Å². The largest absolute Gasteiger partial charge is 0.489 e. The molecular weight excluding hydrogens is 535 g/mol. The van der Waals surface area contributed by atoms with E-state index in [1.807, 2.05) is 12.1 Å². The zero-order chi connectivity index (χ0) is 26.2. The number of ether oxygens (including phenoxy) is 2. The maximum atomic E-state index is 12.4. The monoisotopic (exact) mass is 552 g/mol. The Labute approximate surface area is 228 Å². The summed E-state index contributed by atoms with van der Waals surface area (Å²) in [7, 11) is 0. The van der Waals surface area contributed by atoms with Crippen LogP contribution < -0.4 is 14.9 Å². The van der Waals surface area contributed by atoms with Crippen LogP contribution in [0.2, 0.25) is 15.1 Å². The van der Waals surface area contributed by atoms with Crippen molar-refractivity contribution in [3.05, 3.63) is 128 Å². The number of hydrogen-bond donors (Lipinski definition) is 1. The van der Waals surface area contributed by atoms with Gasteiger partial charge in [-0.3, -0.25) is 4.79 Å². The van der Waals surface area contributed by atoms with E-state index >= 15 is 0 Å². The fraction of sp³-hybridized carbons (Fsp3) is 0.0357. The lowest BCUT2D eigenvalue weighted by atomic mass is 10.2. The molecule has 0 heterocycles. The normalized spacial score (nSPS) is 10.8. The van der Waals surface area contributed by atoms with Crippen LogP contribution in [0.3, 0.4) is 0 Å². The summed E-state index contributed by atoms with van der Waals surface area (Å²) >= 11 is 17.8. The van der Waals surface area contributed by atoms with Gasteiger partial charge in [0.25, 0.3) is 5.91 Å². The lowest BCUT2D eigenvalue weighted by Gasteiger charge is -2.07.